The molecular formula is C11H12BrNO. The summed E-state index contributed by atoms with van der Waals surface area (Å²) < 4.78 is 6.82. The molecule has 0 bridgehead atoms. The molecule has 1 saturated heterocycles. The highest BCUT2D eigenvalue weighted by Crippen LogP contribution is 2.47. The predicted octanol–water partition coefficient (Wildman–Crippen LogP) is 2.88. The molecule has 1 aromatic rings. The van der Waals surface area contributed by atoms with E-state index >= 15 is 0 Å². The van der Waals surface area contributed by atoms with Crippen LogP contribution in [0.5, 0.6) is 0 Å². The highest BCUT2D eigenvalue weighted by Gasteiger charge is 2.47. The molecule has 14 heavy (non-hydrogen) atoms. The summed E-state index contributed by atoms with van der Waals surface area (Å²) in [6.07, 6.45) is 1.28. The fourth-order valence-corrected chi connectivity index (χ4v) is 2.80. The first-order valence-electron chi connectivity index (χ1n) is 4.88. The number of hydrogen-bond acceptors (Lipinski definition) is 2. The van der Waals surface area contributed by atoms with Crippen LogP contribution in [0.15, 0.2) is 22.7 Å². The van der Waals surface area contributed by atoms with Crippen molar-refractivity contribution in [3.8, 4) is 0 Å². The topological polar surface area (TPSA) is 21.3 Å². The Morgan fingerprint density at radius 3 is 3.29 bits per heavy atom. The van der Waals surface area contributed by atoms with Gasteiger partial charge in [0.2, 0.25) is 0 Å². The molecule has 0 amide bonds. The van der Waals surface area contributed by atoms with Crippen molar-refractivity contribution in [1.29, 1.82) is 0 Å². The van der Waals surface area contributed by atoms with E-state index in [1.165, 1.54) is 11.3 Å². The molecule has 3 heteroatoms. The second-order valence-corrected chi connectivity index (χ2v) is 5.17. The fraction of sp³-hybridized carbons (Fsp3) is 0.455. The minimum Gasteiger partial charge on any atom is -0.359 e. The van der Waals surface area contributed by atoms with E-state index in [9.17, 15) is 0 Å². The maximum Gasteiger partial charge on any atom is 0.137 e. The van der Waals surface area contributed by atoms with Gasteiger partial charge in [0.25, 0.3) is 0 Å². The van der Waals surface area contributed by atoms with Gasteiger partial charge in [-0.25, -0.2) is 0 Å². The van der Waals surface area contributed by atoms with Gasteiger partial charge in [0.15, 0.2) is 0 Å². The van der Waals surface area contributed by atoms with Gasteiger partial charge in [-0.15, -0.1) is 0 Å². The third kappa shape index (κ3) is 0.997. The summed E-state index contributed by atoms with van der Waals surface area (Å²) in [7, 11) is 0. The lowest BCUT2D eigenvalue weighted by Gasteiger charge is -2.21. The van der Waals surface area contributed by atoms with E-state index in [-0.39, 0.29) is 11.6 Å². The second kappa shape index (κ2) is 2.74. The molecule has 2 aliphatic rings. The van der Waals surface area contributed by atoms with Crippen LogP contribution in [0.4, 0.5) is 5.69 Å². The van der Waals surface area contributed by atoms with Crippen LogP contribution in [-0.2, 0) is 10.2 Å². The first-order chi connectivity index (χ1) is 6.70. The Kier molecular flexibility index (Phi) is 1.71. The minimum absolute atomic E-state index is 0.166. The van der Waals surface area contributed by atoms with Gasteiger partial charge in [-0.1, -0.05) is 22.9 Å². The summed E-state index contributed by atoms with van der Waals surface area (Å²) in [5.74, 6) is 0. The molecule has 0 saturated carbocycles. The number of hydrogen-bond donors (Lipinski definition) is 1. The maximum atomic E-state index is 5.68. The lowest BCUT2D eigenvalue weighted by atomic mass is 9.82. The van der Waals surface area contributed by atoms with Gasteiger partial charge in [-0.2, -0.15) is 0 Å². The average Bonchev–Trinajstić information content (AvgIpc) is 2.62. The fourth-order valence-electron chi connectivity index (χ4n) is 2.44. The molecule has 0 radical (unpaired) electrons. The zero-order chi connectivity index (χ0) is 9.76. The Hall–Kier alpha value is -0.540. The Bertz CT molecular complexity index is 393. The number of rotatable bonds is 0. The van der Waals surface area contributed by atoms with Crippen molar-refractivity contribution in [3.63, 3.8) is 0 Å². The summed E-state index contributed by atoms with van der Waals surface area (Å²) in [4.78, 5) is 0. The summed E-state index contributed by atoms with van der Waals surface area (Å²) in [6.45, 7) is 3.13. The summed E-state index contributed by atoms with van der Waals surface area (Å²) in [5.41, 5.74) is 2.77. The Morgan fingerprint density at radius 2 is 2.43 bits per heavy atom. The average molecular weight is 254 g/mol. The van der Waals surface area contributed by atoms with Crippen LogP contribution in [0.2, 0.25) is 0 Å². The number of benzene rings is 1. The summed E-state index contributed by atoms with van der Waals surface area (Å²) in [5, 5.41) is 3.42. The van der Waals surface area contributed by atoms with Crippen molar-refractivity contribution in [2.24, 2.45) is 0 Å². The molecule has 74 valence electrons. The highest BCUT2D eigenvalue weighted by atomic mass is 79.9. The van der Waals surface area contributed by atoms with E-state index in [0.29, 0.717) is 0 Å². The van der Waals surface area contributed by atoms with Crippen LogP contribution in [-0.4, -0.2) is 12.8 Å². The molecular weight excluding hydrogens is 242 g/mol. The quantitative estimate of drug-likeness (QED) is 0.768. The van der Waals surface area contributed by atoms with Crippen molar-refractivity contribution in [2.75, 3.05) is 11.9 Å². The lowest BCUT2D eigenvalue weighted by Crippen LogP contribution is -2.31. The predicted molar refractivity (Wildman–Crippen MR) is 59.5 cm³/mol. The monoisotopic (exact) mass is 253 g/mol. The van der Waals surface area contributed by atoms with Crippen LogP contribution in [0.1, 0.15) is 18.9 Å². The van der Waals surface area contributed by atoms with E-state index in [4.69, 9.17) is 4.74 Å². The van der Waals surface area contributed by atoms with Crippen LogP contribution in [0.3, 0.4) is 0 Å². The Labute approximate surface area is 91.8 Å². The Balaban J connectivity index is 2.17. The molecule has 2 nitrogen and oxygen atoms in total. The normalized spacial score (nSPS) is 33.7. The van der Waals surface area contributed by atoms with E-state index in [2.05, 4.69) is 46.4 Å². The zero-order valence-electron chi connectivity index (χ0n) is 8.01. The Morgan fingerprint density at radius 1 is 1.57 bits per heavy atom. The van der Waals surface area contributed by atoms with Gasteiger partial charge >= 0.3 is 0 Å². The second-order valence-electron chi connectivity index (χ2n) is 4.25. The van der Waals surface area contributed by atoms with Crippen molar-refractivity contribution in [3.05, 3.63) is 28.2 Å². The molecule has 1 N–H and O–H groups in total. The number of anilines is 1. The van der Waals surface area contributed by atoms with Crippen molar-refractivity contribution in [2.45, 2.75) is 25.0 Å². The van der Waals surface area contributed by atoms with Crippen molar-refractivity contribution >= 4 is 21.6 Å². The molecule has 2 heterocycles. The minimum atomic E-state index is 0.166. The number of halogens is 1. The van der Waals surface area contributed by atoms with E-state index in [1.807, 2.05) is 0 Å². The van der Waals surface area contributed by atoms with Gasteiger partial charge in [0.1, 0.15) is 6.23 Å². The standard InChI is InChI=1S/C11H12BrNO/c1-11-4-5-14-10(11)13-9-3-2-7(12)6-8(9)11/h2-3,6,10,13H,4-5H2,1H3/t10-,11-/m0/s1. The van der Waals surface area contributed by atoms with Gasteiger partial charge in [0.05, 0.1) is 6.61 Å². The largest absolute Gasteiger partial charge is 0.359 e. The maximum absolute atomic E-state index is 5.68. The van der Waals surface area contributed by atoms with Gasteiger partial charge < -0.3 is 10.1 Å². The molecule has 1 fully saturated rings. The molecule has 3 rings (SSSR count). The molecule has 0 aromatic heterocycles. The highest BCUT2D eigenvalue weighted by molar-refractivity contribution is 9.10. The van der Waals surface area contributed by atoms with Gasteiger partial charge in [0, 0.05) is 15.6 Å². The van der Waals surface area contributed by atoms with E-state index in [0.717, 1.165) is 17.5 Å². The number of ether oxygens (including phenoxy) is 1. The molecule has 2 atom stereocenters. The molecule has 2 aliphatic heterocycles. The van der Waals surface area contributed by atoms with Crippen LogP contribution >= 0.6 is 15.9 Å². The van der Waals surface area contributed by atoms with Crippen molar-refractivity contribution < 1.29 is 4.74 Å². The first kappa shape index (κ1) is 8.74. The third-order valence-corrected chi connectivity index (χ3v) is 3.86. The smallest absolute Gasteiger partial charge is 0.137 e. The van der Waals surface area contributed by atoms with Crippen LogP contribution in [0, 0.1) is 0 Å². The SMILES string of the molecule is C[C@@]12CCO[C@@H]1Nc1ccc(Br)cc12. The molecule has 1 aromatic carbocycles. The third-order valence-electron chi connectivity index (χ3n) is 3.37. The molecule has 0 spiro atoms. The van der Waals surface area contributed by atoms with Crippen molar-refractivity contribution in [1.82, 2.24) is 0 Å². The molecule has 0 unspecified atom stereocenters. The van der Waals surface area contributed by atoms with Gasteiger partial charge in [-0.3, -0.25) is 0 Å². The summed E-state index contributed by atoms with van der Waals surface area (Å²) in [6, 6.07) is 6.39. The van der Waals surface area contributed by atoms with Gasteiger partial charge in [-0.05, 0) is 30.2 Å². The first-order valence-corrected chi connectivity index (χ1v) is 5.68. The number of nitrogens with one attached hydrogen (secondary N) is 1. The summed E-state index contributed by atoms with van der Waals surface area (Å²) >= 11 is 3.52. The van der Waals surface area contributed by atoms with Crippen LogP contribution in [0.25, 0.3) is 0 Å². The lowest BCUT2D eigenvalue weighted by molar-refractivity contribution is 0.112. The van der Waals surface area contributed by atoms with E-state index in [1.54, 1.807) is 0 Å². The zero-order valence-corrected chi connectivity index (χ0v) is 9.60. The van der Waals surface area contributed by atoms with E-state index < -0.39 is 0 Å². The number of fused-ring (bicyclic) bond motifs is 3. The van der Waals surface area contributed by atoms with Crippen LogP contribution < -0.4 is 5.32 Å². The molecule has 0 aliphatic carbocycles.